The van der Waals surface area contributed by atoms with Crippen LogP contribution in [0.5, 0.6) is 0 Å². The molecular weight excluding hydrogens is 304 g/mol. The van der Waals surface area contributed by atoms with Gasteiger partial charge >= 0.3 is 0 Å². The van der Waals surface area contributed by atoms with Crippen LogP contribution in [0, 0.1) is 31.6 Å². The molecule has 4 rings (SSSR count). The Morgan fingerprint density at radius 1 is 1.33 bits per heavy atom. The zero-order valence-corrected chi connectivity index (χ0v) is 14.2. The summed E-state index contributed by atoms with van der Waals surface area (Å²) in [7, 11) is 0. The maximum absolute atomic E-state index is 12.0. The summed E-state index contributed by atoms with van der Waals surface area (Å²) in [4.78, 5) is 14.4. The van der Waals surface area contributed by atoms with Gasteiger partial charge in [-0.15, -0.1) is 0 Å². The number of benzene rings is 1. The normalized spacial score (nSPS) is 25.9. The number of piperidine rings is 1. The second kappa shape index (κ2) is 5.90. The molecule has 24 heavy (non-hydrogen) atoms. The van der Waals surface area contributed by atoms with E-state index in [9.17, 15) is 4.79 Å². The zero-order valence-electron chi connectivity index (χ0n) is 14.2. The monoisotopic (exact) mass is 328 g/mol. The molecule has 0 spiro atoms. The summed E-state index contributed by atoms with van der Waals surface area (Å²) in [5.74, 6) is 2.23. The third-order valence-corrected chi connectivity index (χ3v) is 5.54. The smallest absolute Gasteiger partial charge is 0.223 e. The first-order chi connectivity index (χ1) is 11.6. The van der Waals surface area contributed by atoms with E-state index in [0.29, 0.717) is 18.4 Å². The van der Waals surface area contributed by atoms with Gasteiger partial charge in [-0.25, -0.2) is 0 Å². The molecule has 0 radical (unpaired) electrons. The van der Waals surface area contributed by atoms with Crippen LogP contribution in [0.3, 0.4) is 0 Å². The molecule has 1 saturated carbocycles. The van der Waals surface area contributed by atoms with Gasteiger partial charge in [-0.1, -0.05) is 11.6 Å². The van der Waals surface area contributed by atoms with Gasteiger partial charge in [0.15, 0.2) is 0 Å². The number of carbonyl (C=O) groups is 1. The highest BCUT2D eigenvalue weighted by Gasteiger charge is 2.59. The fourth-order valence-corrected chi connectivity index (χ4v) is 4.17. The van der Waals surface area contributed by atoms with Gasteiger partial charge in [0.25, 0.3) is 0 Å². The molecule has 0 bridgehead atoms. The maximum atomic E-state index is 12.0. The van der Waals surface area contributed by atoms with Gasteiger partial charge in [-0.3, -0.25) is 9.69 Å². The molecule has 2 aromatic rings. The van der Waals surface area contributed by atoms with Crippen LogP contribution < -0.4 is 5.32 Å². The van der Waals surface area contributed by atoms with Gasteiger partial charge in [-0.05, 0) is 43.4 Å². The minimum atomic E-state index is 0.00468. The van der Waals surface area contributed by atoms with E-state index in [2.05, 4.69) is 36.2 Å². The number of hydrogen-bond donors (Lipinski definition) is 2. The molecule has 2 heterocycles. The Morgan fingerprint density at radius 3 is 2.79 bits per heavy atom. The van der Waals surface area contributed by atoms with Crippen molar-refractivity contribution in [1.82, 2.24) is 10.2 Å². The minimum Gasteiger partial charge on any atom is -0.459 e. The number of nitrogens with one attached hydrogen (secondary N) is 1. The van der Waals surface area contributed by atoms with E-state index in [4.69, 9.17) is 9.52 Å². The summed E-state index contributed by atoms with van der Waals surface area (Å²) in [6, 6.07) is 6.31. The predicted octanol–water partition coefficient (Wildman–Crippen LogP) is 1.84. The lowest BCUT2D eigenvalue weighted by molar-refractivity contribution is -0.123. The van der Waals surface area contributed by atoms with Crippen LogP contribution >= 0.6 is 0 Å². The lowest BCUT2D eigenvalue weighted by atomic mass is 10.1. The molecule has 2 N–H and O–H groups in total. The highest BCUT2D eigenvalue weighted by Crippen LogP contribution is 2.52. The Kier molecular flexibility index (Phi) is 3.85. The molecule has 1 amide bonds. The SMILES string of the molecule is Cc1ccc2oc(CN3C[C@@H]4C(C(=O)NCCO)[C@@H]4C3)c(C)c2c1. The average molecular weight is 328 g/mol. The molecule has 5 nitrogen and oxygen atoms in total. The molecule has 128 valence electrons. The van der Waals surface area contributed by atoms with Crippen LogP contribution in [0.1, 0.15) is 16.9 Å². The number of aliphatic hydroxyl groups excluding tert-OH is 1. The lowest BCUT2D eigenvalue weighted by Gasteiger charge is -2.18. The molecule has 2 aliphatic rings. The molecule has 1 aliphatic carbocycles. The predicted molar refractivity (Wildman–Crippen MR) is 91.5 cm³/mol. The zero-order chi connectivity index (χ0) is 16.8. The Labute approximate surface area is 141 Å². The number of likely N-dealkylation sites (tertiary alicyclic amines) is 1. The van der Waals surface area contributed by atoms with E-state index < -0.39 is 0 Å². The van der Waals surface area contributed by atoms with Gasteiger partial charge in [0, 0.05) is 30.9 Å². The van der Waals surface area contributed by atoms with Crippen molar-refractivity contribution in [3.63, 3.8) is 0 Å². The van der Waals surface area contributed by atoms with Crippen LogP contribution in [0.25, 0.3) is 11.0 Å². The van der Waals surface area contributed by atoms with Crippen molar-refractivity contribution in [2.75, 3.05) is 26.2 Å². The van der Waals surface area contributed by atoms with E-state index in [0.717, 1.165) is 31.0 Å². The summed E-state index contributed by atoms with van der Waals surface area (Å²) in [6.07, 6.45) is 0. The van der Waals surface area contributed by atoms with E-state index in [1.807, 2.05) is 6.07 Å². The third-order valence-electron chi connectivity index (χ3n) is 5.54. The number of aryl methyl sites for hydroxylation is 2. The number of hydrogen-bond acceptors (Lipinski definition) is 4. The highest BCUT2D eigenvalue weighted by molar-refractivity contribution is 5.83. The van der Waals surface area contributed by atoms with Crippen LogP contribution in [-0.2, 0) is 11.3 Å². The molecule has 1 unspecified atom stereocenters. The number of amides is 1. The summed E-state index contributed by atoms with van der Waals surface area (Å²) in [5, 5.41) is 12.8. The Hall–Kier alpha value is -1.85. The van der Waals surface area contributed by atoms with E-state index in [1.165, 1.54) is 16.5 Å². The van der Waals surface area contributed by atoms with Gasteiger partial charge in [0.05, 0.1) is 13.2 Å². The first kappa shape index (κ1) is 15.7. The maximum Gasteiger partial charge on any atom is 0.223 e. The fourth-order valence-electron chi connectivity index (χ4n) is 4.17. The van der Waals surface area contributed by atoms with Crippen molar-refractivity contribution in [3.8, 4) is 0 Å². The fraction of sp³-hybridized carbons (Fsp3) is 0.526. The summed E-state index contributed by atoms with van der Waals surface area (Å²) in [5.41, 5.74) is 3.43. The van der Waals surface area contributed by atoms with Crippen molar-refractivity contribution in [2.24, 2.45) is 17.8 Å². The number of carbonyl (C=O) groups excluding carboxylic acids is 1. The van der Waals surface area contributed by atoms with E-state index in [1.54, 1.807) is 0 Å². The summed E-state index contributed by atoms with van der Waals surface area (Å²) >= 11 is 0. The van der Waals surface area contributed by atoms with Crippen LogP contribution in [0.15, 0.2) is 22.6 Å². The van der Waals surface area contributed by atoms with Gasteiger partial charge in [0.1, 0.15) is 11.3 Å². The number of aliphatic hydroxyl groups is 1. The Balaban J connectivity index is 1.39. The van der Waals surface area contributed by atoms with Gasteiger partial charge < -0.3 is 14.8 Å². The highest BCUT2D eigenvalue weighted by atomic mass is 16.3. The second-order valence-electron chi connectivity index (χ2n) is 7.21. The van der Waals surface area contributed by atoms with E-state index in [-0.39, 0.29) is 18.4 Å². The van der Waals surface area contributed by atoms with Crippen LogP contribution in [0.4, 0.5) is 0 Å². The van der Waals surface area contributed by atoms with Crippen molar-refractivity contribution < 1.29 is 14.3 Å². The summed E-state index contributed by atoms with van der Waals surface area (Å²) < 4.78 is 6.04. The molecular formula is C19H24N2O3. The molecule has 5 heteroatoms. The third kappa shape index (κ3) is 2.62. The number of nitrogens with zero attached hydrogens (tertiary/aromatic N) is 1. The van der Waals surface area contributed by atoms with Crippen molar-refractivity contribution in [1.29, 1.82) is 0 Å². The quantitative estimate of drug-likeness (QED) is 0.879. The van der Waals surface area contributed by atoms with Crippen molar-refractivity contribution >= 4 is 16.9 Å². The largest absolute Gasteiger partial charge is 0.459 e. The number of furan rings is 1. The average Bonchev–Trinajstić information content (AvgIpc) is 2.92. The number of fused-ring (bicyclic) bond motifs is 2. The van der Waals surface area contributed by atoms with E-state index >= 15 is 0 Å². The first-order valence-electron chi connectivity index (χ1n) is 8.68. The molecule has 1 aromatic heterocycles. The molecule has 1 aliphatic heterocycles. The van der Waals surface area contributed by atoms with Crippen molar-refractivity contribution in [2.45, 2.75) is 20.4 Å². The van der Waals surface area contributed by atoms with Gasteiger partial charge in [0.2, 0.25) is 5.91 Å². The number of rotatable bonds is 5. The Bertz CT molecular complexity index is 770. The van der Waals surface area contributed by atoms with Crippen LogP contribution in [-0.4, -0.2) is 42.2 Å². The van der Waals surface area contributed by atoms with Crippen LogP contribution in [0.2, 0.25) is 0 Å². The molecule has 1 aromatic carbocycles. The molecule has 1 saturated heterocycles. The van der Waals surface area contributed by atoms with Gasteiger partial charge in [-0.2, -0.15) is 0 Å². The second-order valence-corrected chi connectivity index (χ2v) is 7.21. The first-order valence-corrected chi connectivity index (χ1v) is 8.68. The summed E-state index contributed by atoms with van der Waals surface area (Å²) in [6.45, 7) is 7.32. The molecule has 2 fully saturated rings. The minimum absolute atomic E-state index is 0.00468. The molecule has 3 atom stereocenters. The Morgan fingerprint density at radius 2 is 2.08 bits per heavy atom. The van der Waals surface area contributed by atoms with Crippen molar-refractivity contribution in [3.05, 3.63) is 35.1 Å². The standard InChI is InChI=1S/C19H24N2O3/c1-11-3-4-16-13(7-11)12(2)17(24-16)10-21-8-14-15(9-21)18(14)19(23)20-5-6-22/h3-4,7,14-15,18,22H,5-6,8-10H2,1-2H3,(H,20,23)/t14-,15+,18?. The lowest BCUT2D eigenvalue weighted by Crippen LogP contribution is -2.33. The topological polar surface area (TPSA) is 65.7 Å².